The molecule has 0 aliphatic heterocycles. The van der Waals surface area contributed by atoms with Gasteiger partial charge in [-0.3, -0.25) is 4.98 Å². The molecule has 0 radical (unpaired) electrons. The van der Waals surface area contributed by atoms with Crippen molar-refractivity contribution >= 4 is 5.82 Å². The predicted molar refractivity (Wildman–Crippen MR) is 110 cm³/mol. The average Bonchev–Trinajstić information content (AvgIpc) is 3.30. The fourth-order valence-corrected chi connectivity index (χ4v) is 3.38. The lowest BCUT2D eigenvalue weighted by Gasteiger charge is -2.21. The van der Waals surface area contributed by atoms with Crippen molar-refractivity contribution in [1.82, 2.24) is 29.3 Å². The molecule has 0 spiro atoms. The van der Waals surface area contributed by atoms with Gasteiger partial charge in [-0.05, 0) is 26.0 Å². The third-order valence-electron chi connectivity index (χ3n) is 4.71. The van der Waals surface area contributed by atoms with E-state index in [0.29, 0.717) is 11.6 Å². The Labute approximate surface area is 169 Å². The zero-order chi connectivity index (χ0) is 20.4. The van der Waals surface area contributed by atoms with Gasteiger partial charge in [0.1, 0.15) is 23.4 Å². The Bertz CT molecular complexity index is 1130. The van der Waals surface area contributed by atoms with E-state index < -0.39 is 0 Å². The maximum Gasteiger partial charge on any atom is 0.174 e. The summed E-state index contributed by atoms with van der Waals surface area (Å²) in [5, 5.41) is 7.97. The van der Waals surface area contributed by atoms with E-state index in [1.54, 1.807) is 30.4 Å². The van der Waals surface area contributed by atoms with Crippen molar-refractivity contribution in [3.63, 3.8) is 0 Å². The second-order valence-corrected chi connectivity index (χ2v) is 6.82. The van der Waals surface area contributed by atoms with Crippen LogP contribution in [0, 0.1) is 13.8 Å². The molecule has 0 aliphatic carbocycles. The quantitative estimate of drug-likeness (QED) is 0.545. The highest BCUT2D eigenvalue weighted by atomic mass is 16.5. The highest BCUT2D eigenvalue weighted by Gasteiger charge is 2.22. The lowest BCUT2D eigenvalue weighted by Crippen LogP contribution is -2.19. The molecule has 148 valence electrons. The summed E-state index contributed by atoms with van der Waals surface area (Å²) in [5.41, 5.74) is 2.89. The summed E-state index contributed by atoms with van der Waals surface area (Å²) in [6.45, 7) is 3.95. The zero-order valence-electron chi connectivity index (χ0n) is 16.9. The van der Waals surface area contributed by atoms with E-state index >= 15 is 0 Å². The SMILES string of the molecule is COc1ccccc1C(Nc1cncc(-n2nc(C)cc2C)n1)c1nccn1C. The van der Waals surface area contributed by atoms with Gasteiger partial charge in [-0.2, -0.15) is 5.10 Å². The topological polar surface area (TPSA) is 82.7 Å². The molecular weight excluding hydrogens is 366 g/mol. The summed E-state index contributed by atoms with van der Waals surface area (Å²) in [4.78, 5) is 13.6. The molecule has 1 N–H and O–H groups in total. The van der Waals surface area contributed by atoms with Gasteiger partial charge in [0, 0.05) is 30.7 Å². The summed E-state index contributed by atoms with van der Waals surface area (Å²) in [6, 6.07) is 9.62. The van der Waals surface area contributed by atoms with Crippen LogP contribution in [-0.4, -0.2) is 36.4 Å². The van der Waals surface area contributed by atoms with Gasteiger partial charge < -0.3 is 14.6 Å². The Kier molecular flexibility index (Phi) is 4.99. The summed E-state index contributed by atoms with van der Waals surface area (Å²) in [7, 11) is 3.63. The first-order valence-electron chi connectivity index (χ1n) is 9.29. The number of hydrogen-bond acceptors (Lipinski definition) is 6. The third-order valence-corrected chi connectivity index (χ3v) is 4.71. The molecule has 1 unspecified atom stereocenters. The van der Waals surface area contributed by atoms with Crippen LogP contribution in [0.25, 0.3) is 5.82 Å². The molecule has 4 rings (SSSR count). The van der Waals surface area contributed by atoms with Crippen LogP contribution in [0.2, 0.25) is 0 Å². The minimum atomic E-state index is -0.267. The van der Waals surface area contributed by atoms with Crippen molar-refractivity contribution in [2.75, 3.05) is 12.4 Å². The Balaban J connectivity index is 1.75. The van der Waals surface area contributed by atoms with Crippen molar-refractivity contribution in [2.45, 2.75) is 19.9 Å². The van der Waals surface area contributed by atoms with E-state index in [1.807, 2.05) is 62.0 Å². The fourth-order valence-electron chi connectivity index (χ4n) is 3.38. The lowest BCUT2D eigenvalue weighted by molar-refractivity contribution is 0.408. The molecule has 1 aromatic carbocycles. The van der Waals surface area contributed by atoms with Gasteiger partial charge >= 0.3 is 0 Å². The first kappa shape index (κ1) is 18.7. The molecule has 29 heavy (non-hydrogen) atoms. The number of anilines is 1. The maximum absolute atomic E-state index is 5.59. The number of hydrogen-bond donors (Lipinski definition) is 1. The number of nitrogens with zero attached hydrogens (tertiary/aromatic N) is 6. The van der Waals surface area contributed by atoms with Gasteiger partial charge in [0.25, 0.3) is 0 Å². The number of imidazole rings is 1. The molecule has 3 heterocycles. The van der Waals surface area contributed by atoms with Crippen LogP contribution in [-0.2, 0) is 7.05 Å². The van der Waals surface area contributed by atoms with E-state index in [2.05, 4.69) is 20.4 Å². The molecule has 0 saturated heterocycles. The smallest absolute Gasteiger partial charge is 0.174 e. The molecule has 4 aromatic rings. The second kappa shape index (κ2) is 7.75. The van der Waals surface area contributed by atoms with Crippen molar-refractivity contribution in [3.05, 3.63) is 77.9 Å². The number of methoxy groups -OCH3 is 1. The molecule has 0 fully saturated rings. The van der Waals surface area contributed by atoms with Crippen LogP contribution in [0.1, 0.15) is 28.8 Å². The van der Waals surface area contributed by atoms with E-state index in [0.717, 1.165) is 28.5 Å². The number of benzene rings is 1. The van der Waals surface area contributed by atoms with E-state index in [1.165, 1.54) is 0 Å². The Morgan fingerprint density at radius 3 is 2.66 bits per heavy atom. The monoisotopic (exact) mass is 389 g/mol. The standard InChI is InChI=1S/C21H23N7O/c1-14-11-15(2)28(26-14)19-13-22-12-18(24-19)25-20(21-23-9-10-27(21)3)16-7-5-6-8-17(16)29-4/h5-13,20H,1-4H3,(H,24,25). The number of aromatic nitrogens is 6. The third kappa shape index (κ3) is 3.69. The molecule has 0 bridgehead atoms. The van der Waals surface area contributed by atoms with Crippen molar-refractivity contribution in [3.8, 4) is 11.6 Å². The molecule has 0 saturated carbocycles. The molecule has 3 aromatic heterocycles. The normalized spacial score (nSPS) is 12.0. The van der Waals surface area contributed by atoms with Crippen LogP contribution in [0.15, 0.2) is 55.1 Å². The summed E-state index contributed by atoms with van der Waals surface area (Å²) >= 11 is 0. The number of para-hydroxylation sites is 1. The molecule has 1 atom stereocenters. The summed E-state index contributed by atoms with van der Waals surface area (Å²) < 4.78 is 9.34. The van der Waals surface area contributed by atoms with Crippen LogP contribution >= 0.6 is 0 Å². The van der Waals surface area contributed by atoms with E-state index in [4.69, 9.17) is 9.72 Å². The second-order valence-electron chi connectivity index (χ2n) is 6.82. The van der Waals surface area contributed by atoms with Gasteiger partial charge in [0.05, 0.1) is 25.2 Å². The van der Waals surface area contributed by atoms with Gasteiger partial charge in [0.2, 0.25) is 0 Å². The van der Waals surface area contributed by atoms with Crippen LogP contribution < -0.4 is 10.1 Å². The average molecular weight is 389 g/mol. The number of ether oxygens (including phenoxy) is 1. The maximum atomic E-state index is 5.59. The molecule has 8 nitrogen and oxygen atoms in total. The zero-order valence-corrected chi connectivity index (χ0v) is 16.9. The van der Waals surface area contributed by atoms with E-state index in [9.17, 15) is 0 Å². The lowest BCUT2D eigenvalue weighted by atomic mass is 10.0. The van der Waals surface area contributed by atoms with Crippen LogP contribution in [0.4, 0.5) is 5.82 Å². The first-order valence-corrected chi connectivity index (χ1v) is 9.29. The number of nitrogens with one attached hydrogen (secondary N) is 1. The van der Waals surface area contributed by atoms with Crippen molar-refractivity contribution in [1.29, 1.82) is 0 Å². The molecule has 8 heteroatoms. The Morgan fingerprint density at radius 2 is 1.97 bits per heavy atom. The highest BCUT2D eigenvalue weighted by molar-refractivity contribution is 5.47. The summed E-state index contributed by atoms with van der Waals surface area (Å²) in [5.74, 6) is 2.89. The Hall–Kier alpha value is -3.68. The minimum Gasteiger partial charge on any atom is -0.496 e. The summed E-state index contributed by atoms with van der Waals surface area (Å²) in [6.07, 6.45) is 7.08. The predicted octanol–water partition coefficient (Wildman–Crippen LogP) is 3.22. The van der Waals surface area contributed by atoms with Crippen molar-refractivity contribution in [2.24, 2.45) is 7.05 Å². The first-order chi connectivity index (χ1) is 14.1. The fraction of sp³-hybridized carbons (Fsp3) is 0.238. The van der Waals surface area contributed by atoms with Crippen LogP contribution in [0.3, 0.4) is 0 Å². The number of aryl methyl sites for hydroxylation is 3. The highest BCUT2D eigenvalue weighted by Crippen LogP contribution is 2.31. The minimum absolute atomic E-state index is 0.267. The molecule has 0 amide bonds. The van der Waals surface area contributed by atoms with Gasteiger partial charge in [-0.25, -0.2) is 14.6 Å². The van der Waals surface area contributed by atoms with E-state index in [-0.39, 0.29) is 6.04 Å². The Morgan fingerprint density at radius 1 is 1.14 bits per heavy atom. The molecular formula is C21H23N7O. The largest absolute Gasteiger partial charge is 0.496 e. The van der Waals surface area contributed by atoms with Gasteiger partial charge in [-0.15, -0.1) is 0 Å². The molecule has 0 aliphatic rings. The van der Waals surface area contributed by atoms with Crippen LogP contribution in [0.5, 0.6) is 5.75 Å². The van der Waals surface area contributed by atoms with Gasteiger partial charge in [0.15, 0.2) is 5.82 Å². The van der Waals surface area contributed by atoms with Crippen molar-refractivity contribution < 1.29 is 4.74 Å². The number of rotatable bonds is 6. The van der Waals surface area contributed by atoms with Gasteiger partial charge in [-0.1, -0.05) is 18.2 Å².